The summed E-state index contributed by atoms with van der Waals surface area (Å²) in [5.74, 6) is -1.14. The third kappa shape index (κ3) is 2.65. The van der Waals surface area contributed by atoms with Crippen molar-refractivity contribution in [3.8, 4) is 0 Å². The van der Waals surface area contributed by atoms with Crippen LogP contribution in [0, 0.1) is 15.9 Å². The lowest BCUT2D eigenvalue weighted by atomic mass is 10.2. The topological polar surface area (TPSA) is 80.5 Å². The number of nitrogens with zero attached hydrogens (tertiary/aromatic N) is 2. The summed E-state index contributed by atoms with van der Waals surface area (Å²) in [5, 5.41) is 11.0. The number of sulfonamides is 1. The van der Waals surface area contributed by atoms with Gasteiger partial charge in [0.1, 0.15) is 0 Å². The smallest absolute Gasteiger partial charge is 0.258 e. The molecule has 1 saturated heterocycles. The summed E-state index contributed by atoms with van der Waals surface area (Å²) in [4.78, 5) is 9.47. The van der Waals surface area contributed by atoms with E-state index in [1.165, 1.54) is 10.4 Å². The minimum atomic E-state index is -4.10. The fourth-order valence-electron chi connectivity index (χ4n) is 2.86. The van der Waals surface area contributed by atoms with Gasteiger partial charge in [0.05, 0.1) is 4.92 Å². The molecule has 0 aliphatic carbocycles. The molecular formula is C13H17FN2O4S. The first kappa shape index (κ1) is 15.8. The molecule has 116 valence electrons. The average molecular weight is 316 g/mol. The van der Waals surface area contributed by atoms with Gasteiger partial charge >= 0.3 is 5.69 Å². The quantitative estimate of drug-likeness (QED) is 0.632. The average Bonchev–Trinajstić information content (AvgIpc) is 2.79. The second-order valence-electron chi connectivity index (χ2n) is 5.17. The van der Waals surface area contributed by atoms with Crippen molar-refractivity contribution >= 4 is 15.7 Å². The maximum absolute atomic E-state index is 13.7. The van der Waals surface area contributed by atoms with E-state index >= 15 is 0 Å². The van der Waals surface area contributed by atoms with Crippen LogP contribution in [0.5, 0.6) is 0 Å². The normalized spacial score (nSPS) is 23.4. The zero-order valence-corrected chi connectivity index (χ0v) is 12.6. The van der Waals surface area contributed by atoms with Gasteiger partial charge in [-0.05, 0) is 38.3 Å². The molecule has 0 radical (unpaired) electrons. The number of para-hydroxylation sites is 1. The maximum atomic E-state index is 13.7. The summed E-state index contributed by atoms with van der Waals surface area (Å²) in [5.41, 5.74) is -0.980. The fourth-order valence-corrected chi connectivity index (χ4v) is 4.98. The van der Waals surface area contributed by atoms with Crippen molar-refractivity contribution in [2.24, 2.45) is 0 Å². The van der Waals surface area contributed by atoms with Gasteiger partial charge in [0.25, 0.3) is 10.0 Å². The summed E-state index contributed by atoms with van der Waals surface area (Å²) in [6.45, 7) is 3.63. The Morgan fingerprint density at radius 1 is 1.43 bits per heavy atom. The van der Waals surface area contributed by atoms with Crippen LogP contribution in [0.4, 0.5) is 10.1 Å². The molecule has 0 saturated carbocycles. The monoisotopic (exact) mass is 316 g/mol. The van der Waals surface area contributed by atoms with E-state index in [4.69, 9.17) is 0 Å². The van der Waals surface area contributed by atoms with Gasteiger partial charge in [0.2, 0.25) is 5.82 Å². The van der Waals surface area contributed by atoms with E-state index in [1.807, 2.05) is 6.92 Å². The number of hydrogen-bond acceptors (Lipinski definition) is 4. The number of benzene rings is 1. The summed E-state index contributed by atoms with van der Waals surface area (Å²) in [6, 6.07) is 2.71. The Morgan fingerprint density at radius 2 is 2.10 bits per heavy atom. The van der Waals surface area contributed by atoms with E-state index in [0.29, 0.717) is 19.3 Å². The van der Waals surface area contributed by atoms with Crippen LogP contribution >= 0.6 is 0 Å². The number of halogens is 1. The number of nitro groups is 1. The van der Waals surface area contributed by atoms with Crippen LogP contribution in [0.1, 0.15) is 33.1 Å². The third-order valence-corrected chi connectivity index (χ3v) is 5.97. The van der Waals surface area contributed by atoms with Crippen LogP contribution < -0.4 is 0 Å². The van der Waals surface area contributed by atoms with Crippen molar-refractivity contribution in [1.29, 1.82) is 0 Å². The SMILES string of the molecule is CCC1CCC(C)N1S(=O)(=O)c1cccc(F)c1[N+](=O)[O-]. The van der Waals surface area contributed by atoms with Crippen LogP contribution in [-0.4, -0.2) is 29.7 Å². The standard InChI is InChI=1S/C13H17FN2O4S/c1-3-10-8-7-9(2)15(10)21(19,20)12-6-4-5-11(14)13(12)16(17)18/h4-6,9-10H,3,7-8H2,1-2H3. The molecule has 1 aliphatic heterocycles. The second-order valence-corrected chi connectivity index (χ2v) is 6.98. The first-order valence-electron chi connectivity index (χ1n) is 6.77. The molecule has 0 bridgehead atoms. The van der Waals surface area contributed by atoms with Crippen LogP contribution in [0.3, 0.4) is 0 Å². The molecule has 6 nitrogen and oxygen atoms in total. The van der Waals surface area contributed by atoms with E-state index in [1.54, 1.807) is 6.92 Å². The van der Waals surface area contributed by atoms with Crippen molar-refractivity contribution in [2.45, 2.75) is 50.1 Å². The molecule has 1 aliphatic rings. The van der Waals surface area contributed by atoms with Crippen molar-refractivity contribution in [1.82, 2.24) is 4.31 Å². The predicted octanol–water partition coefficient (Wildman–Crippen LogP) is 2.69. The maximum Gasteiger partial charge on any atom is 0.324 e. The summed E-state index contributed by atoms with van der Waals surface area (Å²) in [6.07, 6.45) is 2.02. The Morgan fingerprint density at radius 3 is 2.67 bits per heavy atom. The molecule has 0 spiro atoms. The Kier molecular flexibility index (Phi) is 4.29. The molecule has 8 heteroatoms. The Bertz CT molecular complexity index is 662. The first-order chi connectivity index (χ1) is 9.80. The van der Waals surface area contributed by atoms with Gasteiger partial charge in [0, 0.05) is 12.1 Å². The fraction of sp³-hybridized carbons (Fsp3) is 0.538. The van der Waals surface area contributed by atoms with Crippen LogP contribution in [0.2, 0.25) is 0 Å². The van der Waals surface area contributed by atoms with Gasteiger partial charge in [0.15, 0.2) is 4.90 Å². The lowest BCUT2D eigenvalue weighted by molar-refractivity contribution is -0.390. The predicted molar refractivity (Wildman–Crippen MR) is 74.9 cm³/mol. The molecule has 0 N–H and O–H groups in total. The van der Waals surface area contributed by atoms with Gasteiger partial charge in [-0.25, -0.2) is 8.42 Å². The highest BCUT2D eigenvalue weighted by atomic mass is 32.2. The van der Waals surface area contributed by atoms with Crippen LogP contribution in [-0.2, 0) is 10.0 Å². The Labute approximate surface area is 122 Å². The molecule has 1 aromatic rings. The zero-order valence-electron chi connectivity index (χ0n) is 11.8. The molecule has 0 aromatic heterocycles. The minimum absolute atomic E-state index is 0.201. The molecule has 2 rings (SSSR count). The molecule has 2 atom stereocenters. The van der Waals surface area contributed by atoms with Gasteiger partial charge in [-0.15, -0.1) is 0 Å². The van der Waals surface area contributed by atoms with E-state index < -0.39 is 31.3 Å². The first-order valence-corrected chi connectivity index (χ1v) is 8.21. The van der Waals surface area contributed by atoms with Gasteiger partial charge < -0.3 is 0 Å². The van der Waals surface area contributed by atoms with Gasteiger partial charge in [-0.1, -0.05) is 13.0 Å². The van der Waals surface area contributed by atoms with E-state index in [9.17, 15) is 22.9 Å². The Hall–Kier alpha value is -1.54. The minimum Gasteiger partial charge on any atom is -0.258 e. The molecule has 2 unspecified atom stereocenters. The highest BCUT2D eigenvalue weighted by Gasteiger charge is 2.42. The highest BCUT2D eigenvalue weighted by molar-refractivity contribution is 7.89. The molecule has 1 fully saturated rings. The highest BCUT2D eigenvalue weighted by Crippen LogP contribution is 2.36. The molecule has 1 aromatic carbocycles. The number of hydrogen-bond donors (Lipinski definition) is 0. The van der Waals surface area contributed by atoms with E-state index in [-0.39, 0.29) is 12.1 Å². The van der Waals surface area contributed by atoms with Crippen LogP contribution in [0.15, 0.2) is 23.1 Å². The van der Waals surface area contributed by atoms with Crippen molar-refractivity contribution in [2.75, 3.05) is 0 Å². The zero-order chi connectivity index (χ0) is 15.8. The van der Waals surface area contributed by atoms with Crippen molar-refractivity contribution < 1.29 is 17.7 Å². The molecule has 21 heavy (non-hydrogen) atoms. The lowest BCUT2D eigenvalue weighted by Gasteiger charge is -2.26. The molecular weight excluding hydrogens is 299 g/mol. The van der Waals surface area contributed by atoms with Crippen molar-refractivity contribution in [3.63, 3.8) is 0 Å². The van der Waals surface area contributed by atoms with Gasteiger partial charge in [-0.3, -0.25) is 10.1 Å². The van der Waals surface area contributed by atoms with E-state index in [0.717, 1.165) is 12.1 Å². The molecule has 0 amide bonds. The summed E-state index contributed by atoms with van der Waals surface area (Å²) in [7, 11) is -4.10. The van der Waals surface area contributed by atoms with Crippen LogP contribution in [0.25, 0.3) is 0 Å². The number of nitro benzene ring substituents is 1. The largest absolute Gasteiger partial charge is 0.324 e. The Balaban J connectivity index is 2.60. The van der Waals surface area contributed by atoms with Crippen molar-refractivity contribution in [3.05, 3.63) is 34.1 Å². The lowest BCUT2D eigenvalue weighted by Crippen LogP contribution is -2.39. The molecule has 1 heterocycles. The number of rotatable bonds is 4. The van der Waals surface area contributed by atoms with E-state index in [2.05, 4.69) is 0 Å². The second kappa shape index (κ2) is 5.69. The summed E-state index contributed by atoms with van der Waals surface area (Å²) < 4.78 is 40.4. The third-order valence-electron chi connectivity index (χ3n) is 3.87. The van der Waals surface area contributed by atoms with Gasteiger partial charge in [-0.2, -0.15) is 8.70 Å². The summed E-state index contributed by atoms with van der Waals surface area (Å²) >= 11 is 0.